The molecule has 2 fully saturated rings. The molecule has 14 nitrogen and oxygen atoms in total. The van der Waals surface area contributed by atoms with Crippen LogP contribution in [0.5, 0.6) is 11.5 Å². The minimum absolute atomic E-state index is 0.0397. The highest BCUT2D eigenvalue weighted by Gasteiger charge is 2.51. The summed E-state index contributed by atoms with van der Waals surface area (Å²) in [5.74, 6) is 0.0993. The number of nitro groups is 2. The van der Waals surface area contributed by atoms with Gasteiger partial charge in [0.2, 0.25) is 0 Å². The van der Waals surface area contributed by atoms with Gasteiger partial charge in [0, 0.05) is 24.3 Å². The second-order valence-electron chi connectivity index (χ2n) is 7.11. The molecule has 0 bridgehead atoms. The number of carbonyl (C=O) groups is 2. The maximum atomic E-state index is 12.1. The summed E-state index contributed by atoms with van der Waals surface area (Å²) in [4.78, 5) is 44.3. The molecule has 0 aliphatic carbocycles. The molecule has 178 valence electrons. The first kappa shape index (κ1) is 22.9. The van der Waals surface area contributed by atoms with Gasteiger partial charge < -0.3 is 28.4 Å². The molecule has 0 amide bonds. The van der Waals surface area contributed by atoms with Crippen molar-refractivity contribution < 1.29 is 47.9 Å². The molecule has 14 heteroatoms. The summed E-state index contributed by atoms with van der Waals surface area (Å²) in [6, 6.07) is 9.70. The van der Waals surface area contributed by atoms with Crippen LogP contribution in [0.2, 0.25) is 0 Å². The van der Waals surface area contributed by atoms with Gasteiger partial charge in [-0.3, -0.25) is 20.2 Å². The molecule has 2 aliphatic heterocycles. The van der Waals surface area contributed by atoms with Crippen LogP contribution in [-0.4, -0.2) is 59.8 Å². The Kier molecular flexibility index (Phi) is 6.51. The molecule has 0 N–H and O–H groups in total. The van der Waals surface area contributed by atoms with Crippen molar-refractivity contribution >= 4 is 23.7 Å². The highest BCUT2D eigenvalue weighted by atomic mass is 16.8. The van der Waals surface area contributed by atoms with Crippen LogP contribution in [0, 0.1) is 20.2 Å². The standard InChI is InChI=1S/C20H16N2O12/c23-19(31-13-5-1-11(2-6-13)21(25)26)33-15-9-29-18-16(10-30-17(15)18)34-20(24)32-14-7-3-12(4-8-14)22(27)28/h1-8,15-18H,9-10H2/t15-,16+,17-,18-/m1/s1. The second kappa shape index (κ2) is 9.68. The first-order valence-electron chi connectivity index (χ1n) is 9.79. The second-order valence-corrected chi connectivity index (χ2v) is 7.11. The lowest BCUT2D eigenvalue weighted by molar-refractivity contribution is -0.385. The number of fused-ring (bicyclic) bond motifs is 1. The van der Waals surface area contributed by atoms with Crippen molar-refractivity contribution in [1.82, 2.24) is 0 Å². The first-order chi connectivity index (χ1) is 16.3. The van der Waals surface area contributed by atoms with Gasteiger partial charge in [0.15, 0.2) is 12.2 Å². The van der Waals surface area contributed by atoms with Crippen molar-refractivity contribution in [2.75, 3.05) is 13.2 Å². The number of nitro benzene ring substituents is 2. The minimum Gasteiger partial charge on any atom is -0.425 e. The van der Waals surface area contributed by atoms with Gasteiger partial charge in [-0.2, -0.15) is 0 Å². The van der Waals surface area contributed by atoms with E-state index in [9.17, 15) is 29.8 Å². The fourth-order valence-corrected chi connectivity index (χ4v) is 3.39. The van der Waals surface area contributed by atoms with Gasteiger partial charge >= 0.3 is 12.3 Å². The first-order valence-corrected chi connectivity index (χ1v) is 9.79. The van der Waals surface area contributed by atoms with Gasteiger partial charge in [-0.05, 0) is 24.3 Å². The quantitative estimate of drug-likeness (QED) is 0.258. The molecular formula is C20H16N2O12. The Hall–Kier alpha value is -4.30. The number of hydrogen-bond acceptors (Lipinski definition) is 12. The predicted octanol–water partition coefficient (Wildman–Crippen LogP) is 2.77. The molecule has 4 rings (SSSR count). The van der Waals surface area contributed by atoms with E-state index in [1.165, 1.54) is 48.5 Å². The Morgan fingerprint density at radius 1 is 0.706 bits per heavy atom. The van der Waals surface area contributed by atoms with E-state index in [4.69, 9.17) is 28.4 Å². The average Bonchev–Trinajstić information content (AvgIpc) is 3.38. The third-order valence-corrected chi connectivity index (χ3v) is 4.96. The number of hydrogen-bond donors (Lipinski definition) is 0. The number of carbonyl (C=O) groups excluding carboxylic acids is 2. The van der Waals surface area contributed by atoms with E-state index in [2.05, 4.69) is 0 Å². The van der Waals surface area contributed by atoms with E-state index >= 15 is 0 Å². The summed E-state index contributed by atoms with van der Waals surface area (Å²) in [5.41, 5.74) is -0.324. The Labute approximate surface area is 190 Å². The van der Waals surface area contributed by atoms with Crippen LogP contribution in [0.1, 0.15) is 0 Å². The summed E-state index contributed by atoms with van der Waals surface area (Å²) in [5, 5.41) is 21.3. The van der Waals surface area contributed by atoms with Crippen molar-refractivity contribution in [3.63, 3.8) is 0 Å². The number of rotatable bonds is 6. The lowest BCUT2D eigenvalue weighted by Crippen LogP contribution is -2.36. The van der Waals surface area contributed by atoms with E-state index in [1.54, 1.807) is 0 Å². The molecule has 2 aromatic rings. The average molecular weight is 476 g/mol. The number of benzene rings is 2. The molecule has 0 saturated carbocycles. The Morgan fingerprint density at radius 2 is 1.06 bits per heavy atom. The van der Waals surface area contributed by atoms with Crippen LogP contribution in [0.4, 0.5) is 21.0 Å². The zero-order valence-electron chi connectivity index (χ0n) is 17.1. The number of nitrogens with zero attached hydrogens (tertiary/aromatic N) is 2. The van der Waals surface area contributed by atoms with Crippen molar-refractivity contribution in [2.24, 2.45) is 0 Å². The lowest BCUT2D eigenvalue weighted by atomic mass is 10.1. The minimum atomic E-state index is -1.06. The maximum absolute atomic E-state index is 12.1. The zero-order chi connectivity index (χ0) is 24.2. The van der Waals surface area contributed by atoms with Crippen LogP contribution in [0.3, 0.4) is 0 Å². The van der Waals surface area contributed by atoms with Crippen molar-refractivity contribution in [3.8, 4) is 11.5 Å². The Balaban J connectivity index is 1.26. The largest absolute Gasteiger partial charge is 0.514 e. The van der Waals surface area contributed by atoms with Crippen molar-refractivity contribution in [1.29, 1.82) is 0 Å². The van der Waals surface area contributed by atoms with Crippen LogP contribution in [0.15, 0.2) is 48.5 Å². The summed E-state index contributed by atoms with van der Waals surface area (Å²) in [6.45, 7) is -0.0795. The summed E-state index contributed by atoms with van der Waals surface area (Å²) in [6.07, 6.45) is -5.24. The van der Waals surface area contributed by atoms with Crippen LogP contribution >= 0.6 is 0 Å². The van der Waals surface area contributed by atoms with Crippen LogP contribution in [-0.2, 0) is 18.9 Å². The third kappa shape index (κ3) is 5.19. The van der Waals surface area contributed by atoms with Crippen molar-refractivity contribution in [2.45, 2.75) is 24.4 Å². The van der Waals surface area contributed by atoms with E-state index in [-0.39, 0.29) is 36.1 Å². The van der Waals surface area contributed by atoms with Gasteiger partial charge in [0.1, 0.15) is 23.7 Å². The summed E-state index contributed by atoms with van der Waals surface area (Å²) >= 11 is 0. The summed E-state index contributed by atoms with van der Waals surface area (Å²) < 4.78 is 31.5. The van der Waals surface area contributed by atoms with Gasteiger partial charge in [-0.25, -0.2) is 9.59 Å². The molecule has 2 aliphatic rings. The Morgan fingerprint density at radius 3 is 1.38 bits per heavy atom. The predicted molar refractivity (Wildman–Crippen MR) is 107 cm³/mol. The van der Waals surface area contributed by atoms with E-state index in [0.717, 1.165) is 0 Å². The highest BCUT2D eigenvalue weighted by molar-refractivity contribution is 5.65. The highest BCUT2D eigenvalue weighted by Crippen LogP contribution is 2.31. The SMILES string of the molecule is O=C(Oc1ccc([N+](=O)[O-])cc1)O[C@H]1CO[C@H]2[C@@H]1OC[C@H]2OC(=O)Oc1ccc([N+](=O)[O-])cc1. The molecule has 0 aromatic heterocycles. The molecule has 2 aromatic carbocycles. The maximum Gasteiger partial charge on any atom is 0.514 e. The number of non-ortho nitro benzene ring substituents is 2. The zero-order valence-corrected chi connectivity index (χ0v) is 17.1. The molecule has 0 radical (unpaired) electrons. The topological polar surface area (TPSA) is 176 Å². The molecular weight excluding hydrogens is 460 g/mol. The molecule has 0 spiro atoms. The van der Waals surface area contributed by atoms with Crippen molar-refractivity contribution in [3.05, 3.63) is 68.8 Å². The van der Waals surface area contributed by atoms with Crippen LogP contribution < -0.4 is 9.47 Å². The molecule has 2 saturated heterocycles. The van der Waals surface area contributed by atoms with E-state index in [0.29, 0.717) is 0 Å². The molecule has 34 heavy (non-hydrogen) atoms. The lowest BCUT2D eigenvalue weighted by Gasteiger charge is -2.17. The van der Waals surface area contributed by atoms with Gasteiger partial charge in [0.25, 0.3) is 11.4 Å². The third-order valence-electron chi connectivity index (χ3n) is 4.96. The normalized spacial score (nSPS) is 22.9. The van der Waals surface area contributed by atoms with Gasteiger partial charge in [0.05, 0.1) is 23.1 Å². The Bertz CT molecular complexity index is 1000. The van der Waals surface area contributed by atoms with Crippen LogP contribution in [0.25, 0.3) is 0 Å². The fraction of sp³-hybridized carbons (Fsp3) is 0.300. The smallest absolute Gasteiger partial charge is 0.425 e. The van der Waals surface area contributed by atoms with E-state index in [1.807, 2.05) is 0 Å². The number of ether oxygens (including phenoxy) is 6. The molecule has 2 heterocycles. The van der Waals surface area contributed by atoms with Gasteiger partial charge in [-0.15, -0.1) is 0 Å². The summed E-state index contributed by atoms with van der Waals surface area (Å²) in [7, 11) is 0. The molecule has 0 unspecified atom stereocenters. The fourth-order valence-electron chi connectivity index (χ4n) is 3.39. The monoisotopic (exact) mass is 476 g/mol. The van der Waals surface area contributed by atoms with Gasteiger partial charge in [-0.1, -0.05) is 0 Å². The molecule has 4 atom stereocenters. The van der Waals surface area contributed by atoms with E-state index < -0.39 is 46.6 Å².